The third-order valence-electron chi connectivity index (χ3n) is 5.04. The van der Waals surface area contributed by atoms with Gasteiger partial charge in [-0.05, 0) is 57.6 Å². The van der Waals surface area contributed by atoms with Crippen LogP contribution in [0.15, 0.2) is 0 Å². The summed E-state index contributed by atoms with van der Waals surface area (Å²) in [5.41, 5.74) is 2.83. The quantitative estimate of drug-likeness (QED) is 0.602. The second kappa shape index (κ2) is 6.72. The molecule has 1 aliphatic heterocycles. The van der Waals surface area contributed by atoms with Crippen LogP contribution < -0.4 is 4.74 Å². The lowest BCUT2D eigenvalue weighted by molar-refractivity contribution is 0.0520. The van der Waals surface area contributed by atoms with E-state index in [1.807, 2.05) is 13.8 Å². The smallest absolute Gasteiger partial charge is 0.154 e. The summed E-state index contributed by atoms with van der Waals surface area (Å²) < 4.78 is 6.34. The van der Waals surface area contributed by atoms with Gasteiger partial charge >= 0.3 is 0 Å². The van der Waals surface area contributed by atoms with Crippen LogP contribution in [-0.2, 0) is 6.42 Å². The van der Waals surface area contributed by atoms with Gasteiger partial charge in [-0.1, -0.05) is 26.2 Å². The van der Waals surface area contributed by atoms with Crippen LogP contribution in [0.1, 0.15) is 79.4 Å². The topological polar surface area (TPSA) is 46.5 Å². The van der Waals surface area contributed by atoms with E-state index in [9.17, 15) is 9.90 Å². The molecule has 0 aromatic heterocycles. The zero-order valence-corrected chi connectivity index (χ0v) is 14.3. The highest BCUT2D eigenvalue weighted by Gasteiger charge is 2.34. The largest absolute Gasteiger partial charge is 0.507 e. The van der Waals surface area contributed by atoms with Crippen molar-refractivity contribution in [2.45, 2.75) is 78.2 Å². The van der Waals surface area contributed by atoms with E-state index in [2.05, 4.69) is 13.8 Å². The molecule has 0 aliphatic carbocycles. The maximum Gasteiger partial charge on any atom is 0.154 e. The number of unbranched alkanes of at least 4 members (excludes halogenated alkanes) is 3. The number of rotatable bonds is 6. The first-order chi connectivity index (χ1) is 10.4. The van der Waals surface area contributed by atoms with E-state index in [-0.39, 0.29) is 11.4 Å². The van der Waals surface area contributed by atoms with Crippen molar-refractivity contribution in [1.82, 2.24) is 0 Å². The zero-order valence-electron chi connectivity index (χ0n) is 14.3. The Kier molecular flexibility index (Phi) is 5.15. The van der Waals surface area contributed by atoms with Crippen molar-refractivity contribution in [2.75, 3.05) is 0 Å². The molecule has 122 valence electrons. The molecule has 0 saturated carbocycles. The van der Waals surface area contributed by atoms with E-state index < -0.39 is 0 Å². The molecule has 0 amide bonds. The van der Waals surface area contributed by atoms with Crippen molar-refractivity contribution in [3.8, 4) is 11.5 Å². The monoisotopic (exact) mass is 304 g/mol. The minimum Gasteiger partial charge on any atom is -0.507 e. The van der Waals surface area contributed by atoms with Crippen molar-refractivity contribution in [2.24, 2.45) is 0 Å². The predicted octanol–water partition coefficient (Wildman–Crippen LogP) is 4.88. The number of hydrogen-bond donors (Lipinski definition) is 1. The maximum absolute atomic E-state index is 11.4. The Morgan fingerprint density at radius 2 is 1.95 bits per heavy atom. The summed E-state index contributed by atoms with van der Waals surface area (Å²) in [7, 11) is 0. The number of ether oxygens (including phenoxy) is 1. The van der Waals surface area contributed by atoms with E-state index >= 15 is 0 Å². The van der Waals surface area contributed by atoms with Crippen LogP contribution in [0.3, 0.4) is 0 Å². The van der Waals surface area contributed by atoms with Crippen molar-refractivity contribution in [1.29, 1.82) is 0 Å². The van der Waals surface area contributed by atoms with E-state index in [0.717, 1.165) is 48.0 Å². The normalized spacial score (nSPS) is 20.4. The minimum absolute atomic E-state index is 0.112. The van der Waals surface area contributed by atoms with Crippen LogP contribution in [-0.4, -0.2) is 17.0 Å². The van der Waals surface area contributed by atoms with E-state index in [0.29, 0.717) is 5.56 Å². The molecular formula is C19H28O3. The number of carbonyl (C=O) groups excluding carboxylic acids is 1. The van der Waals surface area contributed by atoms with Crippen LogP contribution in [0.25, 0.3) is 0 Å². The summed E-state index contributed by atoms with van der Waals surface area (Å²) in [5, 5.41) is 10.2. The van der Waals surface area contributed by atoms with Crippen LogP contribution in [0.5, 0.6) is 11.5 Å². The molecule has 22 heavy (non-hydrogen) atoms. The Morgan fingerprint density at radius 3 is 2.59 bits per heavy atom. The van der Waals surface area contributed by atoms with Crippen LogP contribution in [0, 0.1) is 13.8 Å². The second-order valence-corrected chi connectivity index (χ2v) is 6.80. The summed E-state index contributed by atoms with van der Waals surface area (Å²) >= 11 is 0. The number of hydrogen-bond acceptors (Lipinski definition) is 3. The fraction of sp³-hybridized carbons (Fsp3) is 0.632. The molecule has 1 aromatic rings. The Balaban J connectivity index is 2.26. The number of aldehydes is 1. The van der Waals surface area contributed by atoms with Crippen LogP contribution >= 0.6 is 0 Å². The van der Waals surface area contributed by atoms with Crippen molar-refractivity contribution < 1.29 is 14.6 Å². The second-order valence-electron chi connectivity index (χ2n) is 6.80. The van der Waals surface area contributed by atoms with Gasteiger partial charge in [0, 0.05) is 5.56 Å². The molecule has 1 N–H and O–H groups in total. The molecule has 2 rings (SSSR count). The first kappa shape index (κ1) is 16.9. The highest BCUT2D eigenvalue weighted by Crippen LogP contribution is 2.44. The van der Waals surface area contributed by atoms with E-state index in [4.69, 9.17) is 4.74 Å². The van der Waals surface area contributed by atoms with Gasteiger partial charge in [-0.25, -0.2) is 0 Å². The van der Waals surface area contributed by atoms with Crippen LogP contribution in [0.4, 0.5) is 0 Å². The highest BCUT2D eigenvalue weighted by molar-refractivity contribution is 5.85. The van der Waals surface area contributed by atoms with Crippen molar-refractivity contribution in [3.63, 3.8) is 0 Å². The number of carbonyl (C=O) groups is 1. The van der Waals surface area contributed by atoms with Gasteiger partial charge < -0.3 is 9.84 Å². The SMILES string of the molecule is CCCCCCC1(C)CCc2c(C=O)c(O)c(C)c(C)c2O1. The van der Waals surface area contributed by atoms with Gasteiger partial charge in [0.25, 0.3) is 0 Å². The number of phenols is 1. The first-order valence-corrected chi connectivity index (χ1v) is 8.42. The summed E-state index contributed by atoms with van der Waals surface area (Å²) in [5.74, 6) is 0.933. The standard InChI is InChI=1S/C19H28O3/c1-5-6-7-8-10-19(4)11-9-15-16(12-20)17(21)13(2)14(3)18(15)22-19/h12,21H,5-11H2,1-4H3. The molecule has 0 bridgehead atoms. The molecule has 3 heteroatoms. The fourth-order valence-electron chi connectivity index (χ4n) is 3.34. The number of aromatic hydroxyl groups is 1. The number of phenolic OH excluding ortho intramolecular Hbond substituents is 1. The fourth-order valence-corrected chi connectivity index (χ4v) is 3.34. The summed E-state index contributed by atoms with van der Waals surface area (Å²) in [6.45, 7) is 8.19. The molecule has 1 unspecified atom stereocenters. The molecule has 0 radical (unpaired) electrons. The number of fused-ring (bicyclic) bond motifs is 1. The first-order valence-electron chi connectivity index (χ1n) is 8.42. The lowest BCUT2D eigenvalue weighted by Crippen LogP contribution is -2.37. The van der Waals surface area contributed by atoms with Gasteiger partial charge in [0.1, 0.15) is 17.1 Å². The number of benzene rings is 1. The van der Waals surface area contributed by atoms with Gasteiger partial charge in [0.15, 0.2) is 6.29 Å². The summed E-state index contributed by atoms with van der Waals surface area (Å²) in [4.78, 5) is 11.4. The third kappa shape index (κ3) is 3.13. The predicted molar refractivity (Wildman–Crippen MR) is 89.1 cm³/mol. The van der Waals surface area contributed by atoms with Crippen molar-refractivity contribution in [3.05, 3.63) is 22.3 Å². The zero-order chi connectivity index (χ0) is 16.3. The molecule has 1 atom stereocenters. The molecule has 0 fully saturated rings. The summed E-state index contributed by atoms with van der Waals surface area (Å²) in [6, 6.07) is 0. The molecule has 1 aliphatic rings. The Bertz CT molecular complexity index is 563. The van der Waals surface area contributed by atoms with Gasteiger partial charge in [0.2, 0.25) is 0 Å². The van der Waals surface area contributed by atoms with Crippen LogP contribution in [0.2, 0.25) is 0 Å². The van der Waals surface area contributed by atoms with Crippen molar-refractivity contribution >= 4 is 6.29 Å². The molecule has 0 saturated heterocycles. The van der Waals surface area contributed by atoms with Gasteiger partial charge in [-0.3, -0.25) is 4.79 Å². The molecule has 1 aromatic carbocycles. The molecule has 3 nitrogen and oxygen atoms in total. The van der Waals surface area contributed by atoms with E-state index in [1.165, 1.54) is 25.7 Å². The summed E-state index contributed by atoms with van der Waals surface area (Å²) in [6.07, 6.45) is 8.42. The lowest BCUT2D eigenvalue weighted by Gasteiger charge is -2.38. The molecule has 0 spiro atoms. The Hall–Kier alpha value is -1.51. The molecular weight excluding hydrogens is 276 g/mol. The average Bonchev–Trinajstić information content (AvgIpc) is 2.51. The van der Waals surface area contributed by atoms with Gasteiger partial charge in [-0.15, -0.1) is 0 Å². The average molecular weight is 304 g/mol. The van der Waals surface area contributed by atoms with E-state index in [1.54, 1.807) is 0 Å². The third-order valence-corrected chi connectivity index (χ3v) is 5.04. The maximum atomic E-state index is 11.4. The van der Waals surface area contributed by atoms with Gasteiger partial charge in [0.05, 0.1) is 5.56 Å². The minimum atomic E-state index is -0.158. The Morgan fingerprint density at radius 1 is 1.23 bits per heavy atom. The Labute approximate surface area is 133 Å². The lowest BCUT2D eigenvalue weighted by atomic mass is 9.84. The highest BCUT2D eigenvalue weighted by atomic mass is 16.5. The molecule has 1 heterocycles. The van der Waals surface area contributed by atoms with Gasteiger partial charge in [-0.2, -0.15) is 0 Å².